The van der Waals surface area contributed by atoms with Gasteiger partial charge in [0.05, 0.1) is 17.9 Å². The zero-order chi connectivity index (χ0) is 13.8. The van der Waals surface area contributed by atoms with E-state index in [9.17, 15) is 4.79 Å². The van der Waals surface area contributed by atoms with E-state index in [1.807, 2.05) is 25.6 Å². The van der Waals surface area contributed by atoms with Crippen molar-refractivity contribution in [1.29, 1.82) is 0 Å². The molecule has 106 valence electrons. The molecule has 0 spiro atoms. The third-order valence-electron chi connectivity index (χ3n) is 3.23. The number of hydrogen-bond donors (Lipinski definition) is 1. The second-order valence-corrected chi connectivity index (χ2v) is 7.29. The van der Waals surface area contributed by atoms with E-state index >= 15 is 0 Å². The Kier molecular flexibility index (Phi) is 5.33. The molecular weight excluding hydrogens is 326 g/mol. The molecule has 1 atom stereocenters. The molecule has 0 bridgehead atoms. The summed E-state index contributed by atoms with van der Waals surface area (Å²) in [5.41, 5.74) is 0.726. The lowest BCUT2D eigenvalue weighted by Crippen LogP contribution is -2.27. The molecule has 1 fully saturated rings. The lowest BCUT2D eigenvalue weighted by atomic mass is 10.2. The molecular formula is C13H20BrN3OS. The summed E-state index contributed by atoms with van der Waals surface area (Å²) in [6.07, 6.45) is 5.63. The molecule has 0 aliphatic carbocycles. The Balaban J connectivity index is 2.04. The average molecular weight is 346 g/mol. The van der Waals surface area contributed by atoms with E-state index in [1.54, 1.807) is 6.20 Å². The molecule has 0 amide bonds. The molecule has 1 aliphatic heterocycles. The molecule has 1 aliphatic rings. The first-order valence-corrected chi connectivity index (χ1v) is 8.56. The number of aromatic nitrogens is 2. The molecule has 1 N–H and O–H groups in total. The van der Waals surface area contributed by atoms with Gasteiger partial charge in [-0.3, -0.25) is 4.79 Å². The van der Waals surface area contributed by atoms with Gasteiger partial charge in [0, 0.05) is 11.8 Å². The SMILES string of the molecule is CC(C)n1ncc(NCC2CCCCS2)c(Br)c1=O. The van der Waals surface area contributed by atoms with Crippen LogP contribution in [0, 0.1) is 0 Å². The monoisotopic (exact) mass is 345 g/mol. The van der Waals surface area contributed by atoms with Crippen molar-refractivity contribution >= 4 is 33.4 Å². The molecule has 0 aromatic carbocycles. The second kappa shape index (κ2) is 6.79. The minimum Gasteiger partial charge on any atom is -0.382 e. The van der Waals surface area contributed by atoms with E-state index in [1.165, 1.54) is 29.7 Å². The van der Waals surface area contributed by atoms with Crippen LogP contribution >= 0.6 is 27.7 Å². The number of hydrogen-bond acceptors (Lipinski definition) is 4. The van der Waals surface area contributed by atoms with Crippen molar-refractivity contribution < 1.29 is 0 Å². The molecule has 1 unspecified atom stereocenters. The zero-order valence-electron chi connectivity index (χ0n) is 11.4. The fourth-order valence-corrected chi connectivity index (χ4v) is 3.79. The van der Waals surface area contributed by atoms with Crippen molar-refractivity contribution in [2.75, 3.05) is 17.6 Å². The van der Waals surface area contributed by atoms with Gasteiger partial charge in [0.1, 0.15) is 4.47 Å². The fraction of sp³-hybridized carbons (Fsp3) is 0.692. The van der Waals surface area contributed by atoms with Gasteiger partial charge < -0.3 is 5.32 Å². The molecule has 0 saturated carbocycles. The maximum atomic E-state index is 12.1. The van der Waals surface area contributed by atoms with Gasteiger partial charge in [-0.25, -0.2) is 4.68 Å². The lowest BCUT2D eigenvalue weighted by Gasteiger charge is -2.22. The third kappa shape index (κ3) is 3.75. The van der Waals surface area contributed by atoms with Crippen LogP contribution in [0.3, 0.4) is 0 Å². The first-order chi connectivity index (χ1) is 9.09. The standard InChI is InChI=1S/C13H20BrN3OS/c1-9(2)17-13(18)12(14)11(8-16-17)15-7-10-5-3-4-6-19-10/h8-10,15H,3-7H2,1-2H3. The minimum atomic E-state index is -0.0729. The van der Waals surface area contributed by atoms with Crippen LogP contribution in [0.1, 0.15) is 39.2 Å². The molecule has 0 radical (unpaired) electrons. The van der Waals surface area contributed by atoms with Crippen LogP contribution in [0.25, 0.3) is 0 Å². The van der Waals surface area contributed by atoms with E-state index in [-0.39, 0.29) is 11.6 Å². The molecule has 1 aromatic heterocycles. The second-order valence-electron chi connectivity index (χ2n) is 5.09. The number of nitrogens with zero attached hydrogens (tertiary/aromatic N) is 2. The summed E-state index contributed by atoms with van der Waals surface area (Å²) in [4.78, 5) is 12.1. The van der Waals surface area contributed by atoms with Gasteiger partial charge in [-0.2, -0.15) is 16.9 Å². The first kappa shape index (κ1) is 14.9. The number of halogens is 1. The highest BCUT2D eigenvalue weighted by atomic mass is 79.9. The van der Waals surface area contributed by atoms with Gasteiger partial charge in [0.2, 0.25) is 0 Å². The highest BCUT2D eigenvalue weighted by Gasteiger charge is 2.15. The zero-order valence-corrected chi connectivity index (χ0v) is 13.8. The Hall–Kier alpha value is -0.490. The summed E-state index contributed by atoms with van der Waals surface area (Å²) in [6.45, 7) is 4.80. The first-order valence-electron chi connectivity index (χ1n) is 6.72. The highest BCUT2D eigenvalue weighted by molar-refractivity contribution is 9.10. The van der Waals surface area contributed by atoms with Crippen molar-refractivity contribution in [3.05, 3.63) is 21.0 Å². The lowest BCUT2D eigenvalue weighted by molar-refractivity contribution is 0.501. The van der Waals surface area contributed by atoms with Crippen LogP contribution in [-0.2, 0) is 0 Å². The Morgan fingerprint density at radius 1 is 1.58 bits per heavy atom. The van der Waals surface area contributed by atoms with Gasteiger partial charge in [-0.1, -0.05) is 6.42 Å². The molecule has 2 rings (SSSR count). The molecule has 19 heavy (non-hydrogen) atoms. The summed E-state index contributed by atoms with van der Waals surface area (Å²) in [6, 6.07) is 0.0757. The predicted octanol–water partition coefficient (Wildman–Crippen LogP) is 3.28. The Morgan fingerprint density at radius 3 is 3.00 bits per heavy atom. The predicted molar refractivity (Wildman–Crippen MR) is 85.2 cm³/mol. The van der Waals surface area contributed by atoms with Crippen LogP contribution in [0.4, 0.5) is 5.69 Å². The summed E-state index contributed by atoms with van der Waals surface area (Å²) in [7, 11) is 0. The smallest absolute Gasteiger partial charge is 0.283 e. The highest BCUT2D eigenvalue weighted by Crippen LogP contribution is 2.26. The number of thioether (sulfide) groups is 1. The van der Waals surface area contributed by atoms with Crippen LogP contribution in [0.15, 0.2) is 15.5 Å². The Labute approximate surface area is 126 Å². The Bertz CT molecular complexity index is 483. The van der Waals surface area contributed by atoms with E-state index in [0.717, 1.165) is 12.2 Å². The van der Waals surface area contributed by atoms with Crippen LogP contribution in [0.5, 0.6) is 0 Å². The van der Waals surface area contributed by atoms with Crippen molar-refractivity contribution in [3.63, 3.8) is 0 Å². The van der Waals surface area contributed by atoms with E-state index in [2.05, 4.69) is 26.3 Å². The van der Waals surface area contributed by atoms with E-state index in [0.29, 0.717) is 9.72 Å². The van der Waals surface area contributed by atoms with Gasteiger partial charge in [-0.05, 0) is 48.4 Å². The summed E-state index contributed by atoms with van der Waals surface area (Å²) < 4.78 is 2.07. The maximum Gasteiger partial charge on any atom is 0.283 e. The third-order valence-corrected chi connectivity index (χ3v) is 5.39. The molecule has 4 nitrogen and oxygen atoms in total. The molecule has 1 saturated heterocycles. The van der Waals surface area contributed by atoms with Crippen LogP contribution in [0.2, 0.25) is 0 Å². The van der Waals surface area contributed by atoms with Crippen molar-refractivity contribution in [3.8, 4) is 0 Å². The maximum absolute atomic E-state index is 12.1. The topological polar surface area (TPSA) is 46.9 Å². The number of rotatable bonds is 4. The number of anilines is 1. The number of nitrogens with one attached hydrogen (secondary N) is 1. The molecule has 1 aromatic rings. The van der Waals surface area contributed by atoms with E-state index < -0.39 is 0 Å². The Morgan fingerprint density at radius 2 is 2.37 bits per heavy atom. The van der Waals surface area contributed by atoms with Gasteiger partial charge in [0.15, 0.2) is 0 Å². The van der Waals surface area contributed by atoms with Crippen LogP contribution in [-0.4, -0.2) is 27.3 Å². The molecule has 6 heteroatoms. The summed E-state index contributed by atoms with van der Waals surface area (Å²) in [5, 5.41) is 8.20. The fourth-order valence-electron chi connectivity index (χ4n) is 2.13. The van der Waals surface area contributed by atoms with Crippen molar-refractivity contribution in [2.24, 2.45) is 0 Å². The normalized spacial score (nSPS) is 19.7. The van der Waals surface area contributed by atoms with Crippen LogP contribution < -0.4 is 10.9 Å². The summed E-state index contributed by atoms with van der Waals surface area (Å²) in [5.74, 6) is 1.25. The van der Waals surface area contributed by atoms with Gasteiger partial charge in [0.25, 0.3) is 5.56 Å². The van der Waals surface area contributed by atoms with Crippen molar-refractivity contribution in [1.82, 2.24) is 9.78 Å². The minimum absolute atomic E-state index is 0.0729. The largest absolute Gasteiger partial charge is 0.382 e. The van der Waals surface area contributed by atoms with Crippen molar-refractivity contribution in [2.45, 2.75) is 44.4 Å². The molecule has 2 heterocycles. The summed E-state index contributed by atoms with van der Waals surface area (Å²) >= 11 is 5.40. The van der Waals surface area contributed by atoms with Gasteiger partial charge in [-0.15, -0.1) is 0 Å². The van der Waals surface area contributed by atoms with Gasteiger partial charge >= 0.3 is 0 Å². The van der Waals surface area contributed by atoms with E-state index in [4.69, 9.17) is 0 Å². The average Bonchev–Trinajstić information content (AvgIpc) is 2.41. The quantitative estimate of drug-likeness (QED) is 0.909.